The Morgan fingerprint density at radius 3 is 2.95 bits per heavy atom. The lowest BCUT2D eigenvalue weighted by Crippen LogP contribution is -2.02. The number of thiazole rings is 1. The quantitative estimate of drug-likeness (QED) is 0.586. The highest BCUT2D eigenvalue weighted by molar-refractivity contribution is 7.22. The summed E-state index contributed by atoms with van der Waals surface area (Å²) in [5.74, 6) is 0. The summed E-state index contributed by atoms with van der Waals surface area (Å²) in [7, 11) is 0. The fourth-order valence-corrected chi connectivity index (χ4v) is 2.40. The van der Waals surface area contributed by atoms with Crippen LogP contribution in [-0.2, 0) is 0 Å². The number of fused-ring (bicyclic) bond motifs is 1. The second-order valence-electron chi connectivity index (χ2n) is 3.89. The van der Waals surface area contributed by atoms with E-state index in [-0.39, 0.29) is 0 Å². The Labute approximate surface area is 114 Å². The van der Waals surface area contributed by atoms with Crippen LogP contribution < -0.4 is 5.43 Å². The Hall–Kier alpha value is -2.34. The number of anilines is 1. The molecule has 0 fully saturated rings. The number of para-hydroxylation sites is 1. The van der Waals surface area contributed by atoms with Crippen LogP contribution in [0.4, 0.5) is 5.13 Å². The van der Waals surface area contributed by atoms with E-state index in [2.05, 4.69) is 25.5 Å². The molecule has 19 heavy (non-hydrogen) atoms. The smallest absolute Gasteiger partial charge is 0.204 e. The molecule has 2 heterocycles. The van der Waals surface area contributed by atoms with E-state index in [9.17, 15) is 0 Å². The molecule has 0 atom stereocenters. The molecule has 1 aromatic carbocycles. The van der Waals surface area contributed by atoms with Gasteiger partial charge in [0.15, 0.2) is 0 Å². The molecule has 2 aromatic heterocycles. The molecular formula is C13H11N5S. The third-order valence-corrected chi connectivity index (χ3v) is 3.49. The van der Waals surface area contributed by atoms with Gasteiger partial charge < -0.3 is 0 Å². The molecule has 0 aliphatic heterocycles. The second kappa shape index (κ2) is 5.11. The van der Waals surface area contributed by atoms with Crippen LogP contribution in [0, 0.1) is 0 Å². The van der Waals surface area contributed by atoms with Crippen LogP contribution in [0.1, 0.15) is 12.6 Å². The number of hydrogen-bond acceptors (Lipinski definition) is 6. The number of rotatable bonds is 3. The molecule has 1 N–H and O–H groups in total. The largest absolute Gasteiger partial charge is 0.261 e. The molecule has 0 bridgehead atoms. The summed E-state index contributed by atoms with van der Waals surface area (Å²) in [5.41, 5.74) is 5.45. The number of hydrazone groups is 1. The minimum absolute atomic E-state index is 0.746. The van der Waals surface area contributed by atoms with Gasteiger partial charge in [-0.2, -0.15) is 5.10 Å². The van der Waals surface area contributed by atoms with Crippen LogP contribution >= 0.6 is 11.3 Å². The first-order valence-corrected chi connectivity index (χ1v) is 6.57. The second-order valence-corrected chi connectivity index (χ2v) is 4.92. The van der Waals surface area contributed by atoms with Crippen molar-refractivity contribution in [1.29, 1.82) is 0 Å². The van der Waals surface area contributed by atoms with Crippen molar-refractivity contribution in [2.24, 2.45) is 5.10 Å². The zero-order valence-electron chi connectivity index (χ0n) is 10.2. The lowest BCUT2D eigenvalue weighted by molar-refractivity contribution is 1.16. The zero-order valence-corrected chi connectivity index (χ0v) is 11.1. The van der Waals surface area contributed by atoms with Gasteiger partial charge in [-0.25, -0.2) is 4.98 Å². The van der Waals surface area contributed by atoms with Crippen LogP contribution in [0.5, 0.6) is 0 Å². The van der Waals surface area contributed by atoms with Gasteiger partial charge in [0.1, 0.15) is 5.69 Å². The van der Waals surface area contributed by atoms with Crippen LogP contribution in [0.2, 0.25) is 0 Å². The first-order chi connectivity index (χ1) is 9.33. The van der Waals surface area contributed by atoms with Crippen molar-refractivity contribution in [3.63, 3.8) is 0 Å². The van der Waals surface area contributed by atoms with Crippen LogP contribution in [0.3, 0.4) is 0 Å². The van der Waals surface area contributed by atoms with Gasteiger partial charge in [0.2, 0.25) is 5.13 Å². The molecule has 0 radical (unpaired) electrons. The molecule has 6 heteroatoms. The van der Waals surface area contributed by atoms with Crippen molar-refractivity contribution < 1.29 is 0 Å². The van der Waals surface area contributed by atoms with Crippen LogP contribution in [-0.4, -0.2) is 20.7 Å². The maximum absolute atomic E-state index is 4.44. The van der Waals surface area contributed by atoms with Gasteiger partial charge >= 0.3 is 0 Å². The minimum atomic E-state index is 0.746. The van der Waals surface area contributed by atoms with E-state index in [0.717, 1.165) is 26.8 Å². The van der Waals surface area contributed by atoms with Gasteiger partial charge in [-0.3, -0.25) is 15.4 Å². The summed E-state index contributed by atoms with van der Waals surface area (Å²) in [5, 5.41) is 5.04. The Kier molecular flexibility index (Phi) is 3.16. The standard InChI is InChI=1S/C13H11N5S/c1-9(11-8-14-6-7-15-11)17-18-13-16-10-4-2-3-5-12(10)19-13/h2-8H,1H3,(H,16,18)/b17-9+. The maximum atomic E-state index is 4.44. The monoisotopic (exact) mass is 269 g/mol. The number of nitrogens with zero attached hydrogens (tertiary/aromatic N) is 4. The average molecular weight is 269 g/mol. The van der Waals surface area contributed by atoms with E-state index in [1.807, 2.05) is 31.2 Å². The summed E-state index contributed by atoms with van der Waals surface area (Å²) in [6.07, 6.45) is 4.96. The SMILES string of the molecule is C/C(=N\Nc1nc2ccccc2s1)c1cnccn1. The summed E-state index contributed by atoms with van der Waals surface area (Å²) >= 11 is 1.57. The Morgan fingerprint density at radius 2 is 2.16 bits per heavy atom. The molecule has 0 unspecified atom stereocenters. The van der Waals surface area contributed by atoms with E-state index in [0.29, 0.717) is 0 Å². The molecule has 0 spiro atoms. The fourth-order valence-electron chi connectivity index (χ4n) is 1.59. The van der Waals surface area contributed by atoms with Crippen molar-refractivity contribution in [3.05, 3.63) is 48.5 Å². The van der Waals surface area contributed by atoms with Gasteiger partial charge in [0.25, 0.3) is 0 Å². The third kappa shape index (κ3) is 2.58. The highest BCUT2D eigenvalue weighted by Crippen LogP contribution is 2.25. The summed E-state index contributed by atoms with van der Waals surface area (Å²) in [6, 6.07) is 7.99. The molecule has 3 rings (SSSR count). The van der Waals surface area contributed by atoms with E-state index in [4.69, 9.17) is 0 Å². The number of aromatic nitrogens is 3. The average Bonchev–Trinajstić information content (AvgIpc) is 2.88. The Bertz CT molecular complexity index is 687. The summed E-state index contributed by atoms with van der Waals surface area (Å²) < 4.78 is 1.14. The van der Waals surface area contributed by atoms with Gasteiger partial charge in [-0.05, 0) is 19.1 Å². The molecule has 0 aliphatic rings. The molecular weight excluding hydrogens is 258 g/mol. The predicted molar refractivity (Wildman–Crippen MR) is 77.5 cm³/mol. The normalized spacial score (nSPS) is 11.7. The molecule has 5 nitrogen and oxygen atoms in total. The van der Waals surface area contributed by atoms with Gasteiger partial charge in [0, 0.05) is 12.4 Å². The highest BCUT2D eigenvalue weighted by Gasteiger charge is 2.02. The van der Waals surface area contributed by atoms with E-state index in [1.54, 1.807) is 29.9 Å². The third-order valence-electron chi connectivity index (χ3n) is 2.55. The molecule has 0 aliphatic carbocycles. The van der Waals surface area contributed by atoms with Crippen LogP contribution in [0.15, 0.2) is 48.0 Å². The maximum Gasteiger partial charge on any atom is 0.204 e. The highest BCUT2D eigenvalue weighted by atomic mass is 32.1. The van der Waals surface area contributed by atoms with Crippen LogP contribution in [0.25, 0.3) is 10.2 Å². The minimum Gasteiger partial charge on any atom is -0.261 e. The van der Waals surface area contributed by atoms with E-state index >= 15 is 0 Å². The van der Waals surface area contributed by atoms with Gasteiger partial charge in [-0.15, -0.1) is 0 Å². The number of nitrogens with one attached hydrogen (secondary N) is 1. The topological polar surface area (TPSA) is 63.1 Å². The molecule has 94 valence electrons. The number of hydrogen-bond donors (Lipinski definition) is 1. The predicted octanol–water partition coefficient (Wildman–Crippen LogP) is 2.92. The first-order valence-electron chi connectivity index (χ1n) is 5.75. The first kappa shape index (κ1) is 11.7. The Balaban J connectivity index is 1.82. The van der Waals surface area contributed by atoms with Gasteiger partial charge in [0.05, 0.1) is 22.1 Å². The van der Waals surface area contributed by atoms with E-state index < -0.39 is 0 Å². The molecule has 0 saturated carbocycles. The van der Waals surface area contributed by atoms with Crippen molar-refractivity contribution in [3.8, 4) is 0 Å². The molecule has 0 saturated heterocycles. The fraction of sp³-hybridized carbons (Fsp3) is 0.0769. The van der Waals surface area contributed by atoms with Crippen molar-refractivity contribution >= 4 is 32.4 Å². The zero-order chi connectivity index (χ0) is 13.1. The summed E-state index contributed by atoms with van der Waals surface area (Å²) in [4.78, 5) is 12.6. The van der Waals surface area contributed by atoms with Gasteiger partial charge in [-0.1, -0.05) is 23.5 Å². The summed E-state index contributed by atoms with van der Waals surface area (Å²) in [6.45, 7) is 1.88. The molecule has 0 amide bonds. The molecule has 3 aromatic rings. The van der Waals surface area contributed by atoms with Crippen molar-refractivity contribution in [2.45, 2.75) is 6.92 Å². The number of benzene rings is 1. The lowest BCUT2D eigenvalue weighted by Gasteiger charge is -1.98. The Morgan fingerprint density at radius 1 is 1.26 bits per heavy atom. The van der Waals surface area contributed by atoms with Crippen molar-refractivity contribution in [1.82, 2.24) is 15.0 Å². The van der Waals surface area contributed by atoms with Crippen molar-refractivity contribution in [2.75, 3.05) is 5.43 Å². The lowest BCUT2D eigenvalue weighted by atomic mass is 10.3. The van der Waals surface area contributed by atoms with E-state index in [1.165, 1.54) is 0 Å².